The van der Waals surface area contributed by atoms with Gasteiger partial charge in [0.2, 0.25) is 0 Å². The van der Waals surface area contributed by atoms with Crippen LogP contribution in [0.1, 0.15) is 5.01 Å². The molecule has 96 valence electrons. The summed E-state index contributed by atoms with van der Waals surface area (Å²) in [5.41, 5.74) is 6.68. The number of thiazole rings is 1. The van der Waals surface area contributed by atoms with Crippen molar-refractivity contribution in [2.24, 2.45) is 5.73 Å². The van der Waals surface area contributed by atoms with Crippen LogP contribution in [0.2, 0.25) is 0 Å². The highest BCUT2D eigenvalue weighted by atomic mass is 32.2. The van der Waals surface area contributed by atoms with Crippen molar-refractivity contribution in [3.8, 4) is 0 Å². The van der Waals surface area contributed by atoms with Crippen LogP contribution in [0, 0.1) is 0 Å². The Morgan fingerprint density at radius 3 is 3.06 bits per heavy atom. The molecule has 2 rings (SSSR count). The number of thioether (sulfide) groups is 1. The molecule has 1 aromatic heterocycles. The van der Waals surface area contributed by atoms with Crippen molar-refractivity contribution in [3.05, 3.63) is 29.3 Å². The first kappa shape index (κ1) is 13.3. The third kappa shape index (κ3) is 3.22. The zero-order valence-electron chi connectivity index (χ0n) is 9.96. The first-order valence-corrected chi connectivity index (χ1v) is 7.43. The van der Waals surface area contributed by atoms with Crippen molar-refractivity contribution in [1.82, 2.24) is 4.98 Å². The van der Waals surface area contributed by atoms with Crippen LogP contribution in [-0.2, 0) is 15.3 Å². The SMILES string of the molecule is COC(=O)C(N)CSCc1nc2ccccc2s1. The molecule has 0 saturated heterocycles. The average Bonchev–Trinajstić information content (AvgIpc) is 2.80. The predicted molar refractivity (Wildman–Crippen MR) is 75.8 cm³/mol. The van der Waals surface area contributed by atoms with Crippen molar-refractivity contribution in [2.45, 2.75) is 11.8 Å². The summed E-state index contributed by atoms with van der Waals surface area (Å²) in [4.78, 5) is 15.6. The first-order valence-electron chi connectivity index (χ1n) is 5.46. The highest BCUT2D eigenvalue weighted by molar-refractivity contribution is 7.98. The van der Waals surface area contributed by atoms with Crippen LogP contribution >= 0.6 is 23.1 Å². The average molecular weight is 282 g/mol. The van der Waals surface area contributed by atoms with Crippen LogP contribution in [-0.4, -0.2) is 29.9 Å². The normalized spacial score (nSPS) is 12.6. The second-order valence-corrected chi connectivity index (χ2v) is 5.87. The molecule has 0 spiro atoms. The van der Waals surface area contributed by atoms with E-state index in [-0.39, 0.29) is 5.97 Å². The highest BCUT2D eigenvalue weighted by Gasteiger charge is 2.13. The van der Waals surface area contributed by atoms with E-state index >= 15 is 0 Å². The molecule has 0 bridgehead atoms. The third-order valence-corrected chi connectivity index (χ3v) is 4.66. The molecule has 1 heterocycles. The summed E-state index contributed by atoms with van der Waals surface area (Å²) >= 11 is 3.27. The Morgan fingerprint density at radius 2 is 2.33 bits per heavy atom. The van der Waals surface area contributed by atoms with Crippen LogP contribution in [0.4, 0.5) is 0 Å². The number of rotatable bonds is 5. The van der Waals surface area contributed by atoms with E-state index in [2.05, 4.69) is 15.8 Å². The molecule has 2 aromatic rings. The Hall–Kier alpha value is -1.11. The van der Waals surface area contributed by atoms with E-state index in [9.17, 15) is 4.79 Å². The van der Waals surface area contributed by atoms with Gasteiger partial charge in [-0.1, -0.05) is 12.1 Å². The van der Waals surface area contributed by atoms with E-state index in [1.54, 1.807) is 23.1 Å². The van der Waals surface area contributed by atoms with Crippen LogP contribution in [0.5, 0.6) is 0 Å². The number of hydrogen-bond acceptors (Lipinski definition) is 6. The van der Waals surface area contributed by atoms with Crippen molar-refractivity contribution < 1.29 is 9.53 Å². The van der Waals surface area contributed by atoms with Gasteiger partial charge in [-0.3, -0.25) is 4.79 Å². The number of aromatic nitrogens is 1. The van der Waals surface area contributed by atoms with Crippen LogP contribution in [0.15, 0.2) is 24.3 Å². The van der Waals surface area contributed by atoms with Gasteiger partial charge in [0.25, 0.3) is 0 Å². The standard InChI is InChI=1S/C12H14N2O2S2/c1-16-12(15)8(13)6-17-7-11-14-9-4-2-3-5-10(9)18-11/h2-5,8H,6-7,13H2,1H3. The van der Waals surface area contributed by atoms with E-state index in [1.165, 1.54) is 11.8 Å². The Bertz CT molecular complexity index is 509. The number of carbonyl (C=O) groups excluding carboxylic acids is 1. The molecule has 1 atom stereocenters. The summed E-state index contributed by atoms with van der Waals surface area (Å²) in [6.07, 6.45) is 0. The molecule has 2 N–H and O–H groups in total. The van der Waals surface area contributed by atoms with E-state index in [0.29, 0.717) is 5.75 Å². The lowest BCUT2D eigenvalue weighted by molar-refractivity contribution is -0.141. The van der Waals surface area contributed by atoms with Crippen molar-refractivity contribution in [2.75, 3.05) is 12.9 Å². The molecule has 0 aliphatic rings. The minimum atomic E-state index is -0.561. The fourth-order valence-electron chi connectivity index (χ4n) is 1.47. The quantitative estimate of drug-likeness (QED) is 0.850. The Kier molecular flexibility index (Phi) is 4.57. The Labute approximate surface area is 114 Å². The summed E-state index contributed by atoms with van der Waals surface area (Å²) in [5, 5.41) is 1.05. The number of para-hydroxylation sites is 1. The maximum absolute atomic E-state index is 11.1. The van der Waals surface area contributed by atoms with Gasteiger partial charge in [0.15, 0.2) is 0 Å². The first-order chi connectivity index (χ1) is 8.70. The number of carbonyl (C=O) groups is 1. The van der Waals surface area contributed by atoms with Gasteiger partial charge in [-0.05, 0) is 12.1 Å². The lowest BCUT2D eigenvalue weighted by Gasteiger charge is -2.07. The van der Waals surface area contributed by atoms with Gasteiger partial charge in [-0.25, -0.2) is 4.98 Å². The topological polar surface area (TPSA) is 65.2 Å². The minimum absolute atomic E-state index is 0.369. The maximum atomic E-state index is 11.1. The predicted octanol–water partition coefficient (Wildman–Crippen LogP) is 2.03. The molecular formula is C12H14N2O2S2. The number of nitrogens with two attached hydrogens (primary N) is 1. The number of methoxy groups -OCH3 is 1. The maximum Gasteiger partial charge on any atom is 0.323 e. The molecule has 6 heteroatoms. The molecule has 4 nitrogen and oxygen atoms in total. The van der Waals surface area contributed by atoms with Crippen LogP contribution in [0.3, 0.4) is 0 Å². The number of esters is 1. The van der Waals surface area contributed by atoms with Crippen molar-refractivity contribution in [3.63, 3.8) is 0 Å². The second-order valence-electron chi connectivity index (χ2n) is 3.72. The van der Waals surface area contributed by atoms with Crippen LogP contribution in [0.25, 0.3) is 10.2 Å². The monoisotopic (exact) mass is 282 g/mol. The van der Waals surface area contributed by atoms with Crippen LogP contribution < -0.4 is 5.73 Å². The third-order valence-electron chi connectivity index (χ3n) is 2.37. The number of benzene rings is 1. The number of ether oxygens (including phenoxy) is 1. The highest BCUT2D eigenvalue weighted by Crippen LogP contribution is 2.24. The lowest BCUT2D eigenvalue weighted by Crippen LogP contribution is -2.33. The van der Waals surface area contributed by atoms with Gasteiger partial charge in [-0.2, -0.15) is 11.8 Å². The van der Waals surface area contributed by atoms with Gasteiger partial charge in [0, 0.05) is 11.5 Å². The smallest absolute Gasteiger partial charge is 0.323 e. The Balaban J connectivity index is 1.88. The number of hydrogen-bond donors (Lipinski definition) is 1. The summed E-state index contributed by atoms with van der Waals surface area (Å²) in [7, 11) is 1.35. The summed E-state index contributed by atoms with van der Waals surface area (Å²) in [6.45, 7) is 0. The van der Waals surface area contributed by atoms with E-state index < -0.39 is 6.04 Å². The summed E-state index contributed by atoms with van der Waals surface area (Å²) in [5.74, 6) is 0.943. The molecule has 0 aliphatic carbocycles. The summed E-state index contributed by atoms with van der Waals surface area (Å²) in [6, 6.07) is 7.48. The van der Waals surface area contributed by atoms with Gasteiger partial charge in [0.1, 0.15) is 11.0 Å². The van der Waals surface area contributed by atoms with E-state index in [4.69, 9.17) is 5.73 Å². The number of nitrogens with zero attached hydrogens (tertiary/aromatic N) is 1. The molecule has 1 aromatic carbocycles. The Morgan fingerprint density at radius 1 is 1.56 bits per heavy atom. The van der Waals surface area contributed by atoms with Gasteiger partial charge < -0.3 is 10.5 Å². The molecule has 18 heavy (non-hydrogen) atoms. The van der Waals surface area contributed by atoms with Gasteiger partial charge >= 0.3 is 5.97 Å². The van der Waals surface area contributed by atoms with Gasteiger partial charge in [0.05, 0.1) is 17.3 Å². The van der Waals surface area contributed by atoms with E-state index in [0.717, 1.165) is 16.3 Å². The molecule has 0 saturated carbocycles. The van der Waals surface area contributed by atoms with E-state index in [1.807, 2.05) is 18.2 Å². The van der Waals surface area contributed by atoms with Gasteiger partial charge in [-0.15, -0.1) is 11.3 Å². The molecule has 1 unspecified atom stereocenters. The minimum Gasteiger partial charge on any atom is -0.468 e. The second kappa shape index (κ2) is 6.17. The molecular weight excluding hydrogens is 268 g/mol. The number of fused-ring (bicyclic) bond motifs is 1. The lowest BCUT2D eigenvalue weighted by atomic mass is 10.3. The summed E-state index contributed by atoms with van der Waals surface area (Å²) < 4.78 is 5.76. The zero-order valence-corrected chi connectivity index (χ0v) is 11.6. The molecule has 0 fully saturated rings. The molecule has 0 aliphatic heterocycles. The molecule has 0 amide bonds. The fourth-order valence-corrected chi connectivity index (χ4v) is 3.47. The fraction of sp³-hybridized carbons (Fsp3) is 0.333. The molecule has 0 radical (unpaired) electrons. The van der Waals surface area contributed by atoms with Crippen molar-refractivity contribution in [1.29, 1.82) is 0 Å². The zero-order chi connectivity index (χ0) is 13.0. The largest absolute Gasteiger partial charge is 0.468 e. The van der Waals surface area contributed by atoms with Crippen molar-refractivity contribution >= 4 is 39.3 Å².